The van der Waals surface area contributed by atoms with E-state index in [4.69, 9.17) is 5.11 Å². The number of ketones is 1. The summed E-state index contributed by atoms with van der Waals surface area (Å²) in [6.07, 6.45) is 3.60. The summed E-state index contributed by atoms with van der Waals surface area (Å²) in [5, 5.41) is 11.9. The number of nitrogens with zero attached hydrogens (tertiary/aromatic N) is 2. The van der Waals surface area contributed by atoms with E-state index in [1.54, 1.807) is 9.80 Å². The number of aliphatic hydroxyl groups excluding tert-OH is 1. The van der Waals surface area contributed by atoms with E-state index in [1.165, 1.54) is 0 Å². The van der Waals surface area contributed by atoms with Crippen LogP contribution >= 0.6 is 0 Å². The number of rotatable bonds is 7. The lowest BCUT2D eigenvalue weighted by atomic mass is 10.0. The highest BCUT2D eigenvalue weighted by Crippen LogP contribution is 2.26. The maximum absolute atomic E-state index is 13.1. The number of amides is 3. The number of carbonyl (C=O) groups excluding carboxylic acids is 3. The molecule has 0 unspecified atom stereocenters. The van der Waals surface area contributed by atoms with Gasteiger partial charge in [-0.2, -0.15) is 0 Å². The molecule has 0 spiro atoms. The zero-order valence-electron chi connectivity index (χ0n) is 16.2. The van der Waals surface area contributed by atoms with Gasteiger partial charge < -0.3 is 20.2 Å². The van der Waals surface area contributed by atoms with E-state index >= 15 is 0 Å². The van der Waals surface area contributed by atoms with Crippen LogP contribution in [0.2, 0.25) is 0 Å². The summed E-state index contributed by atoms with van der Waals surface area (Å²) in [6.45, 7) is 1.51. The van der Waals surface area contributed by atoms with Crippen LogP contribution in [-0.4, -0.2) is 64.4 Å². The van der Waals surface area contributed by atoms with Crippen LogP contribution in [0.1, 0.15) is 44.1 Å². The van der Waals surface area contributed by atoms with E-state index in [0.29, 0.717) is 38.9 Å². The minimum atomic E-state index is -0.498. The van der Waals surface area contributed by atoms with Crippen molar-refractivity contribution < 1.29 is 19.5 Å². The summed E-state index contributed by atoms with van der Waals surface area (Å²) < 4.78 is 0. The van der Waals surface area contributed by atoms with Gasteiger partial charge in [-0.3, -0.25) is 9.59 Å². The lowest BCUT2D eigenvalue weighted by molar-refractivity contribution is -0.140. The van der Waals surface area contributed by atoms with E-state index in [-0.39, 0.29) is 30.7 Å². The lowest BCUT2D eigenvalue weighted by Crippen LogP contribution is -2.52. The van der Waals surface area contributed by atoms with Crippen LogP contribution in [0.25, 0.3) is 0 Å². The van der Waals surface area contributed by atoms with Gasteiger partial charge in [-0.1, -0.05) is 30.3 Å². The number of hydrogen-bond acceptors (Lipinski definition) is 4. The first-order valence-electron chi connectivity index (χ1n) is 10.1. The molecule has 2 atom stereocenters. The van der Waals surface area contributed by atoms with Crippen LogP contribution < -0.4 is 5.32 Å². The maximum atomic E-state index is 13.1. The second-order valence-corrected chi connectivity index (χ2v) is 7.48. The molecule has 7 nitrogen and oxygen atoms in total. The molecule has 2 fully saturated rings. The highest BCUT2D eigenvalue weighted by molar-refractivity contribution is 5.93. The molecule has 0 radical (unpaired) electrons. The van der Waals surface area contributed by atoms with Crippen LogP contribution in [0.5, 0.6) is 0 Å². The van der Waals surface area contributed by atoms with E-state index < -0.39 is 12.1 Å². The van der Waals surface area contributed by atoms with Crippen molar-refractivity contribution in [2.75, 3.05) is 19.7 Å². The molecule has 7 heteroatoms. The Labute approximate surface area is 165 Å². The van der Waals surface area contributed by atoms with Crippen molar-refractivity contribution >= 4 is 17.7 Å². The van der Waals surface area contributed by atoms with Crippen LogP contribution in [0.3, 0.4) is 0 Å². The summed E-state index contributed by atoms with van der Waals surface area (Å²) in [7, 11) is 0. The Morgan fingerprint density at radius 2 is 1.68 bits per heavy atom. The maximum Gasteiger partial charge on any atom is 0.318 e. The fraction of sp³-hybridized carbons (Fsp3) is 0.571. The number of aliphatic hydroxyl groups is 1. The van der Waals surface area contributed by atoms with Crippen molar-refractivity contribution in [3.63, 3.8) is 0 Å². The lowest BCUT2D eigenvalue weighted by Gasteiger charge is -2.31. The van der Waals surface area contributed by atoms with Crippen LogP contribution in [0.15, 0.2) is 30.3 Å². The van der Waals surface area contributed by atoms with Crippen LogP contribution in [-0.2, 0) is 16.1 Å². The molecule has 0 saturated carbocycles. The first kappa shape index (κ1) is 20.3. The highest BCUT2D eigenvalue weighted by Gasteiger charge is 2.41. The normalized spacial score (nSPS) is 21.8. The Balaban J connectivity index is 1.60. The van der Waals surface area contributed by atoms with E-state index in [9.17, 15) is 14.4 Å². The average molecular weight is 387 g/mol. The van der Waals surface area contributed by atoms with Crippen LogP contribution in [0, 0.1) is 0 Å². The van der Waals surface area contributed by atoms with Crippen molar-refractivity contribution in [1.29, 1.82) is 0 Å². The zero-order valence-corrected chi connectivity index (χ0v) is 16.2. The molecule has 0 bridgehead atoms. The third-order valence-electron chi connectivity index (χ3n) is 5.57. The number of hydrogen-bond donors (Lipinski definition) is 2. The number of benzene rings is 1. The molecule has 0 aliphatic carbocycles. The number of urea groups is 1. The molecule has 1 aromatic rings. The van der Waals surface area contributed by atoms with Crippen molar-refractivity contribution in [3.8, 4) is 0 Å². The molecule has 2 saturated heterocycles. The highest BCUT2D eigenvalue weighted by atomic mass is 16.3. The standard InChI is InChI=1S/C21H29N3O4/c25-14-6-11-19(26)17-9-4-12-23(17)20(27)18-10-5-13-24(18)21(28)22-15-16-7-2-1-3-8-16/h1-3,7-8,17-18,25H,4-6,9-15H2,(H,22,28)/t17-,18-/m0/s1. The predicted octanol–water partition coefficient (Wildman–Crippen LogP) is 1.69. The molecule has 1 aromatic carbocycles. The van der Waals surface area contributed by atoms with Crippen LogP contribution in [0.4, 0.5) is 4.79 Å². The smallest absolute Gasteiger partial charge is 0.318 e. The molecule has 2 aliphatic rings. The van der Waals surface area contributed by atoms with Gasteiger partial charge in [0.2, 0.25) is 5.91 Å². The molecular weight excluding hydrogens is 358 g/mol. The van der Waals surface area contributed by atoms with Gasteiger partial charge in [0.15, 0.2) is 5.78 Å². The summed E-state index contributed by atoms with van der Waals surface area (Å²) >= 11 is 0. The first-order valence-corrected chi connectivity index (χ1v) is 10.1. The molecule has 28 heavy (non-hydrogen) atoms. The molecule has 152 valence electrons. The Hall–Kier alpha value is -2.41. The van der Waals surface area contributed by atoms with Gasteiger partial charge in [0, 0.05) is 32.7 Å². The SMILES string of the molecule is O=C(CCCO)[C@@H]1CCCN1C(=O)[C@@H]1CCCN1C(=O)NCc1ccccc1. The Kier molecular flexibility index (Phi) is 7.03. The van der Waals surface area contributed by atoms with Gasteiger partial charge >= 0.3 is 6.03 Å². The fourth-order valence-electron chi connectivity index (χ4n) is 4.12. The van der Waals surface area contributed by atoms with Crippen molar-refractivity contribution in [2.24, 2.45) is 0 Å². The summed E-state index contributed by atoms with van der Waals surface area (Å²) in [5.41, 5.74) is 1.01. The average Bonchev–Trinajstić information content (AvgIpc) is 3.40. The summed E-state index contributed by atoms with van der Waals surface area (Å²) in [5.74, 6) is -0.106. The Morgan fingerprint density at radius 3 is 2.39 bits per heavy atom. The van der Waals surface area contributed by atoms with Crippen molar-refractivity contribution in [3.05, 3.63) is 35.9 Å². The quantitative estimate of drug-likeness (QED) is 0.745. The second kappa shape index (κ2) is 9.68. The van der Waals surface area contributed by atoms with Crippen molar-refractivity contribution in [1.82, 2.24) is 15.1 Å². The number of carbonyl (C=O) groups is 3. The number of nitrogens with one attached hydrogen (secondary N) is 1. The van der Waals surface area contributed by atoms with Crippen molar-refractivity contribution in [2.45, 2.75) is 57.2 Å². The number of likely N-dealkylation sites (tertiary alicyclic amines) is 2. The van der Waals surface area contributed by atoms with E-state index in [1.807, 2.05) is 30.3 Å². The summed E-state index contributed by atoms with van der Waals surface area (Å²) in [6, 6.07) is 8.52. The molecule has 3 amide bonds. The van der Waals surface area contributed by atoms with E-state index in [2.05, 4.69) is 5.32 Å². The van der Waals surface area contributed by atoms with Gasteiger partial charge in [-0.25, -0.2) is 4.79 Å². The minimum Gasteiger partial charge on any atom is -0.396 e. The van der Waals surface area contributed by atoms with Gasteiger partial charge in [-0.05, 0) is 37.7 Å². The third kappa shape index (κ3) is 4.70. The zero-order chi connectivity index (χ0) is 19.9. The second-order valence-electron chi connectivity index (χ2n) is 7.48. The van der Waals surface area contributed by atoms with Gasteiger partial charge in [-0.15, -0.1) is 0 Å². The third-order valence-corrected chi connectivity index (χ3v) is 5.57. The summed E-state index contributed by atoms with van der Waals surface area (Å²) in [4.78, 5) is 41.5. The molecule has 3 rings (SSSR count). The Morgan fingerprint density at radius 1 is 1.00 bits per heavy atom. The van der Waals surface area contributed by atoms with Gasteiger partial charge in [0.25, 0.3) is 0 Å². The molecule has 2 N–H and O–H groups in total. The molecule has 2 heterocycles. The molecule has 2 aliphatic heterocycles. The van der Waals surface area contributed by atoms with E-state index in [0.717, 1.165) is 18.4 Å². The number of Topliss-reactive ketones (excluding diaryl/α,β-unsaturated/α-hetero) is 1. The van der Waals surface area contributed by atoms with Gasteiger partial charge in [0.1, 0.15) is 6.04 Å². The molecular formula is C21H29N3O4. The Bertz CT molecular complexity index is 694. The largest absolute Gasteiger partial charge is 0.396 e. The topological polar surface area (TPSA) is 90.0 Å². The molecule has 0 aromatic heterocycles. The minimum absolute atomic E-state index is 0.0120. The van der Waals surface area contributed by atoms with Gasteiger partial charge in [0.05, 0.1) is 6.04 Å². The predicted molar refractivity (Wildman–Crippen MR) is 104 cm³/mol. The first-order chi connectivity index (χ1) is 13.6. The fourth-order valence-corrected chi connectivity index (χ4v) is 4.12. The monoisotopic (exact) mass is 387 g/mol.